The molecule has 0 saturated carbocycles. The van der Waals surface area contributed by atoms with Gasteiger partial charge in [-0.25, -0.2) is 15.0 Å². The second kappa shape index (κ2) is 8.87. The van der Waals surface area contributed by atoms with Crippen molar-refractivity contribution < 1.29 is 4.79 Å². The molecule has 1 aliphatic heterocycles. The number of H-pyrrole nitrogens is 1. The van der Waals surface area contributed by atoms with Gasteiger partial charge in [0.15, 0.2) is 0 Å². The minimum absolute atomic E-state index is 0.177. The van der Waals surface area contributed by atoms with E-state index < -0.39 is 0 Å². The van der Waals surface area contributed by atoms with Crippen LogP contribution in [-0.4, -0.2) is 83.0 Å². The van der Waals surface area contributed by atoms with Gasteiger partial charge in [-0.15, -0.1) is 0 Å². The monoisotopic (exact) mass is 455 g/mol. The molecule has 0 aliphatic carbocycles. The molecule has 0 bridgehead atoms. The number of nitrogens with zero attached hydrogens (tertiary/aromatic N) is 6. The maximum absolute atomic E-state index is 12.3. The Morgan fingerprint density at radius 2 is 1.82 bits per heavy atom. The molecule has 0 radical (unpaired) electrons. The van der Waals surface area contributed by atoms with Crippen LogP contribution in [-0.2, 0) is 0 Å². The summed E-state index contributed by atoms with van der Waals surface area (Å²) in [5.41, 5.74) is 7.09. The maximum Gasteiger partial charge on any atom is 0.291 e. The van der Waals surface area contributed by atoms with E-state index in [0.717, 1.165) is 53.9 Å². The first-order valence-electron chi connectivity index (χ1n) is 11.5. The molecule has 34 heavy (non-hydrogen) atoms. The van der Waals surface area contributed by atoms with Crippen LogP contribution in [0.3, 0.4) is 0 Å². The predicted molar refractivity (Wildman–Crippen MR) is 135 cm³/mol. The van der Waals surface area contributed by atoms with Crippen LogP contribution in [0.1, 0.15) is 16.2 Å². The maximum atomic E-state index is 12.3. The summed E-state index contributed by atoms with van der Waals surface area (Å²) >= 11 is 0. The topological polar surface area (TPSA) is 81.2 Å². The molecule has 4 heterocycles. The third kappa shape index (κ3) is 4.12. The van der Waals surface area contributed by atoms with Crippen LogP contribution in [0.5, 0.6) is 0 Å². The molecule has 8 heteroatoms. The summed E-state index contributed by atoms with van der Waals surface area (Å²) in [6.07, 6.45) is 5.40. The van der Waals surface area contributed by atoms with Crippen LogP contribution in [0.15, 0.2) is 48.9 Å². The van der Waals surface area contributed by atoms with Gasteiger partial charge in [-0.2, -0.15) is 0 Å². The van der Waals surface area contributed by atoms with E-state index in [2.05, 4.69) is 68.0 Å². The number of hydrogen-bond acceptors (Lipinski definition) is 6. The first kappa shape index (κ1) is 22.0. The molecule has 1 N–H and O–H groups in total. The Balaban J connectivity index is 1.49. The number of hydrogen-bond donors (Lipinski definition) is 1. The van der Waals surface area contributed by atoms with E-state index in [0.29, 0.717) is 5.69 Å². The third-order valence-electron chi connectivity index (χ3n) is 6.43. The summed E-state index contributed by atoms with van der Waals surface area (Å²) < 4.78 is 0. The Bertz CT molecular complexity index is 1350. The van der Waals surface area contributed by atoms with Gasteiger partial charge in [0, 0.05) is 81.1 Å². The van der Waals surface area contributed by atoms with Crippen molar-refractivity contribution in [1.82, 2.24) is 29.7 Å². The average molecular weight is 456 g/mol. The van der Waals surface area contributed by atoms with Gasteiger partial charge in [0.25, 0.3) is 5.91 Å². The molecule has 8 nitrogen and oxygen atoms in total. The number of aromatic amines is 1. The summed E-state index contributed by atoms with van der Waals surface area (Å²) in [7, 11) is 5.56. The van der Waals surface area contributed by atoms with Crippen LogP contribution in [0.2, 0.25) is 0 Å². The summed E-state index contributed by atoms with van der Waals surface area (Å²) in [5, 5.41) is 0.959. The van der Waals surface area contributed by atoms with Crippen molar-refractivity contribution in [3.8, 4) is 22.4 Å². The van der Waals surface area contributed by atoms with Crippen molar-refractivity contribution in [2.75, 3.05) is 52.2 Å². The number of amides is 1. The fraction of sp³-hybridized carbons (Fsp3) is 0.308. The zero-order valence-electron chi connectivity index (χ0n) is 20.0. The van der Waals surface area contributed by atoms with Crippen LogP contribution in [0, 0.1) is 6.92 Å². The summed E-state index contributed by atoms with van der Waals surface area (Å²) in [4.78, 5) is 35.2. The molecular weight excluding hydrogens is 426 g/mol. The van der Waals surface area contributed by atoms with Crippen molar-refractivity contribution in [2.45, 2.75) is 6.92 Å². The Labute approximate surface area is 199 Å². The molecule has 1 amide bonds. The van der Waals surface area contributed by atoms with Crippen molar-refractivity contribution in [2.24, 2.45) is 0 Å². The Hall–Kier alpha value is -3.78. The molecule has 1 saturated heterocycles. The quantitative estimate of drug-likeness (QED) is 0.508. The van der Waals surface area contributed by atoms with Gasteiger partial charge in [-0.1, -0.05) is 6.07 Å². The van der Waals surface area contributed by atoms with E-state index in [1.54, 1.807) is 20.3 Å². The molecular formula is C26H29N7O. The van der Waals surface area contributed by atoms with Crippen molar-refractivity contribution in [1.29, 1.82) is 0 Å². The van der Waals surface area contributed by atoms with Crippen molar-refractivity contribution in [3.05, 3.63) is 60.3 Å². The fourth-order valence-corrected chi connectivity index (χ4v) is 4.42. The van der Waals surface area contributed by atoms with E-state index in [-0.39, 0.29) is 11.7 Å². The number of aromatic nitrogens is 4. The van der Waals surface area contributed by atoms with Gasteiger partial charge < -0.3 is 19.7 Å². The first-order valence-corrected chi connectivity index (χ1v) is 11.5. The fourth-order valence-electron chi connectivity index (χ4n) is 4.42. The van der Waals surface area contributed by atoms with Crippen molar-refractivity contribution in [3.63, 3.8) is 0 Å². The van der Waals surface area contributed by atoms with E-state index in [4.69, 9.17) is 0 Å². The normalized spacial score (nSPS) is 14.5. The number of benzene rings is 1. The molecule has 1 aromatic carbocycles. The van der Waals surface area contributed by atoms with Gasteiger partial charge in [0.2, 0.25) is 5.82 Å². The van der Waals surface area contributed by atoms with Gasteiger partial charge in [-0.05, 0) is 49.4 Å². The zero-order valence-corrected chi connectivity index (χ0v) is 20.0. The summed E-state index contributed by atoms with van der Waals surface area (Å²) in [6, 6.07) is 10.6. The highest BCUT2D eigenvalue weighted by atomic mass is 16.2. The number of fused-ring (bicyclic) bond motifs is 1. The van der Waals surface area contributed by atoms with Crippen LogP contribution >= 0.6 is 0 Å². The molecule has 1 aliphatic rings. The number of anilines is 1. The minimum atomic E-state index is -0.226. The lowest BCUT2D eigenvalue weighted by Crippen LogP contribution is -2.44. The molecule has 4 aromatic rings. The average Bonchev–Trinajstić information content (AvgIpc) is 3.27. The largest absolute Gasteiger partial charge is 0.369 e. The second-order valence-electron chi connectivity index (χ2n) is 9.08. The summed E-state index contributed by atoms with van der Waals surface area (Å²) in [6.45, 7) is 6.45. The highest BCUT2D eigenvalue weighted by Gasteiger charge is 2.18. The molecule has 1 fully saturated rings. The summed E-state index contributed by atoms with van der Waals surface area (Å²) in [5.74, 6) is -0.0486. The van der Waals surface area contributed by atoms with Crippen molar-refractivity contribution >= 4 is 22.6 Å². The number of carbonyl (C=O) groups is 1. The van der Waals surface area contributed by atoms with E-state index in [9.17, 15) is 4.79 Å². The van der Waals surface area contributed by atoms with Gasteiger partial charge in [0.1, 0.15) is 5.65 Å². The molecule has 5 rings (SSSR count). The number of piperazine rings is 1. The lowest BCUT2D eigenvalue weighted by molar-refractivity contribution is 0.0816. The van der Waals surface area contributed by atoms with E-state index in [1.165, 1.54) is 16.2 Å². The molecule has 0 unspecified atom stereocenters. The van der Waals surface area contributed by atoms with E-state index in [1.807, 2.05) is 18.5 Å². The van der Waals surface area contributed by atoms with E-state index >= 15 is 0 Å². The SMILES string of the molecule is Cc1cc(-c2cnc3[nH]cc(-c4ccnc(C(=O)N(C)C)n4)c3c2)ccc1N1CCN(C)CC1. The molecule has 0 spiro atoms. The second-order valence-corrected chi connectivity index (χ2v) is 9.08. The minimum Gasteiger partial charge on any atom is -0.369 e. The number of rotatable bonds is 4. The first-order chi connectivity index (χ1) is 16.4. The lowest BCUT2D eigenvalue weighted by atomic mass is 10.0. The highest BCUT2D eigenvalue weighted by molar-refractivity contribution is 5.96. The zero-order chi connectivity index (χ0) is 23.8. The predicted octanol–water partition coefficient (Wildman–Crippen LogP) is 3.45. The van der Waals surface area contributed by atoms with Crippen LogP contribution < -0.4 is 4.90 Å². The molecule has 174 valence electrons. The number of aryl methyl sites for hydroxylation is 1. The van der Waals surface area contributed by atoms with Crippen LogP contribution in [0.25, 0.3) is 33.4 Å². The lowest BCUT2D eigenvalue weighted by Gasteiger charge is -2.35. The van der Waals surface area contributed by atoms with Gasteiger partial charge in [0.05, 0.1) is 5.69 Å². The molecule has 0 atom stereocenters. The standard InChI is InChI=1S/C26H29N7O/c1-17-13-18(5-6-23(17)33-11-9-32(4)10-12-33)19-14-20-21(16-29-24(20)28-15-19)22-7-8-27-25(30-22)26(34)31(2)3/h5-8,13-16H,9-12H2,1-4H3,(H,28,29). The Kier molecular flexibility index (Phi) is 5.75. The Morgan fingerprint density at radius 3 is 2.56 bits per heavy atom. The number of likely N-dealkylation sites (N-methyl/N-ethyl adjacent to an activating group) is 1. The number of nitrogens with one attached hydrogen (secondary N) is 1. The number of carbonyl (C=O) groups excluding carboxylic acids is 1. The smallest absolute Gasteiger partial charge is 0.291 e. The third-order valence-corrected chi connectivity index (χ3v) is 6.43. The van der Waals surface area contributed by atoms with Gasteiger partial charge >= 0.3 is 0 Å². The van der Waals surface area contributed by atoms with Crippen LogP contribution in [0.4, 0.5) is 5.69 Å². The highest BCUT2D eigenvalue weighted by Crippen LogP contribution is 2.32. The molecule has 3 aromatic heterocycles. The number of pyridine rings is 1. The van der Waals surface area contributed by atoms with Gasteiger partial charge in [-0.3, -0.25) is 4.79 Å². The Morgan fingerprint density at radius 1 is 1.03 bits per heavy atom.